The third kappa shape index (κ3) is 5.02. The molecule has 5 N–H and O–H groups in total. The van der Waals surface area contributed by atoms with Crippen LogP contribution in [0.15, 0.2) is 0 Å². The van der Waals surface area contributed by atoms with E-state index in [1.807, 2.05) is 0 Å². The zero-order valence-corrected chi connectivity index (χ0v) is 21.6. The predicted octanol–water partition coefficient (Wildman–Crippen LogP) is 4.09. The van der Waals surface area contributed by atoms with Gasteiger partial charge >= 0.3 is 0 Å². The summed E-state index contributed by atoms with van der Waals surface area (Å²) in [6, 6.07) is 0. The molecule has 4 aliphatic carbocycles. The standard InChI is InChI=1S/C28H51N3O2/c1-19(4-9-26(33)31-17-16-30-15-14-29)23-7-8-24-22-6-5-20-18-21(32)10-12-27(20,2)25(22)11-13-28(23,24)3/h19-25,30,32H,4-18,29H2,1-3H3,(H,31,33)/t19-,20-,21-,22+,23?,24?,25?,27+,28-/m1/s1. The summed E-state index contributed by atoms with van der Waals surface area (Å²) in [5, 5.41) is 16.6. The Morgan fingerprint density at radius 3 is 2.55 bits per heavy atom. The van der Waals surface area contributed by atoms with E-state index in [-0.39, 0.29) is 12.0 Å². The summed E-state index contributed by atoms with van der Waals surface area (Å²) in [4.78, 5) is 12.4. The monoisotopic (exact) mass is 461 g/mol. The second kappa shape index (κ2) is 10.5. The van der Waals surface area contributed by atoms with Gasteiger partial charge in [0.25, 0.3) is 0 Å². The Morgan fingerprint density at radius 2 is 1.76 bits per heavy atom. The lowest BCUT2D eigenvalue weighted by Gasteiger charge is -2.61. The highest BCUT2D eigenvalue weighted by Crippen LogP contribution is 2.68. The molecule has 190 valence electrons. The summed E-state index contributed by atoms with van der Waals surface area (Å²) >= 11 is 0. The van der Waals surface area contributed by atoms with E-state index in [2.05, 4.69) is 31.4 Å². The maximum atomic E-state index is 12.4. The van der Waals surface area contributed by atoms with Crippen LogP contribution in [0.5, 0.6) is 0 Å². The lowest BCUT2D eigenvalue weighted by atomic mass is 9.44. The van der Waals surface area contributed by atoms with Crippen LogP contribution in [0.3, 0.4) is 0 Å². The summed E-state index contributed by atoms with van der Waals surface area (Å²) in [5.74, 6) is 4.96. The number of hydrogen-bond acceptors (Lipinski definition) is 4. The molecule has 3 unspecified atom stereocenters. The van der Waals surface area contributed by atoms with Crippen molar-refractivity contribution in [1.29, 1.82) is 0 Å². The number of hydrogen-bond donors (Lipinski definition) is 4. The fourth-order valence-corrected chi connectivity index (χ4v) is 9.38. The van der Waals surface area contributed by atoms with Crippen LogP contribution in [0.2, 0.25) is 0 Å². The quantitative estimate of drug-likeness (QED) is 0.390. The van der Waals surface area contributed by atoms with Crippen molar-refractivity contribution >= 4 is 5.91 Å². The van der Waals surface area contributed by atoms with E-state index in [0.717, 1.165) is 61.9 Å². The summed E-state index contributed by atoms with van der Waals surface area (Å²) in [6.07, 6.45) is 13.2. The fraction of sp³-hybridized carbons (Fsp3) is 0.964. The molecule has 0 aromatic carbocycles. The van der Waals surface area contributed by atoms with Crippen LogP contribution in [-0.4, -0.2) is 43.3 Å². The zero-order valence-electron chi connectivity index (χ0n) is 21.6. The molecule has 0 saturated heterocycles. The van der Waals surface area contributed by atoms with E-state index < -0.39 is 0 Å². The van der Waals surface area contributed by atoms with E-state index in [0.29, 0.717) is 36.3 Å². The van der Waals surface area contributed by atoms with Crippen molar-refractivity contribution in [3.05, 3.63) is 0 Å². The first kappa shape index (κ1) is 25.4. The molecule has 0 spiro atoms. The predicted molar refractivity (Wildman–Crippen MR) is 135 cm³/mol. The lowest BCUT2D eigenvalue weighted by Crippen LogP contribution is -2.54. The smallest absolute Gasteiger partial charge is 0.220 e. The SMILES string of the molecule is C[C@H](CCC(=O)NCCNCCN)C1CCC2[C@@H]3CC[C@@H]4C[C@H](O)CC[C@]4(C)C3CC[C@@]21C. The van der Waals surface area contributed by atoms with Crippen molar-refractivity contribution in [2.75, 3.05) is 26.2 Å². The molecule has 0 aromatic heterocycles. The summed E-state index contributed by atoms with van der Waals surface area (Å²) in [6.45, 7) is 10.5. The highest BCUT2D eigenvalue weighted by atomic mass is 16.3. The Morgan fingerprint density at radius 1 is 1.00 bits per heavy atom. The van der Waals surface area contributed by atoms with Gasteiger partial charge in [0.2, 0.25) is 5.91 Å². The maximum Gasteiger partial charge on any atom is 0.220 e. The van der Waals surface area contributed by atoms with Gasteiger partial charge in [-0.25, -0.2) is 0 Å². The fourth-order valence-electron chi connectivity index (χ4n) is 9.38. The molecule has 4 aliphatic rings. The Kier molecular flexibility index (Phi) is 8.12. The van der Waals surface area contributed by atoms with Crippen molar-refractivity contribution in [2.24, 2.45) is 52.1 Å². The molecule has 9 atom stereocenters. The Labute approximate surface area is 202 Å². The van der Waals surface area contributed by atoms with Gasteiger partial charge in [-0.15, -0.1) is 0 Å². The number of carbonyl (C=O) groups is 1. The number of aliphatic hydroxyl groups excluding tert-OH is 1. The molecule has 4 saturated carbocycles. The van der Waals surface area contributed by atoms with Crippen molar-refractivity contribution < 1.29 is 9.90 Å². The van der Waals surface area contributed by atoms with Gasteiger partial charge < -0.3 is 21.5 Å². The van der Waals surface area contributed by atoms with Gasteiger partial charge in [-0.1, -0.05) is 20.8 Å². The first-order chi connectivity index (χ1) is 15.8. The Bertz CT molecular complexity index is 672. The largest absolute Gasteiger partial charge is 0.393 e. The molecule has 0 aromatic rings. The summed E-state index contributed by atoms with van der Waals surface area (Å²) < 4.78 is 0. The highest BCUT2D eigenvalue weighted by Gasteiger charge is 2.60. The average Bonchev–Trinajstić information content (AvgIpc) is 3.15. The van der Waals surface area contributed by atoms with Crippen molar-refractivity contribution in [2.45, 2.75) is 97.5 Å². The highest BCUT2D eigenvalue weighted by molar-refractivity contribution is 5.75. The molecule has 0 radical (unpaired) electrons. The lowest BCUT2D eigenvalue weighted by molar-refractivity contribution is -0.129. The van der Waals surface area contributed by atoms with Crippen LogP contribution < -0.4 is 16.4 Å². The molecular formula is C28H51N3O2. The Hall–Kier alpha value is -0.650. The molecule has 4 rings (SSSR count). The van der Waals surface area contributed by atoms with Gasteiger partial charge in [0, 0.05) is 32.6 Å². The van der Waals surface area contributed by atoms with Crippen LogP contribution >= 0.6 is 0 Å². The van der Waals surface area contributed by atoms with Gasteiger partial charge in [0.15, 0.2) is 0 Å². The molecule has 0 aliphatic heterocycles. The minimum atomic E-state index is -0.0513. The minimum absolute atomic E-state index is 0.0513. The second-order valence-corrected chi connectivity index (χ2v) is 12.7. The van der Waals surface area contributed by atoms with E-state index in [1.165, 1.54) is 44.9 Å². The molecule has 0 bridgehead atoms. The summed E-state index contributed by atoms with van der Waals surface area (Å²) in [7, 11) is 0. The number of aliphatic hydroxyl groups is 1. The molecule has 5 nitrogen and oxygen atoms in total. The topological polar surface area (TPSA) is 87.4 Å². The van der Waals surface area contributed by atoms with Gasteiger partial charge in [0.1, 0.15) is 0 Å². The first-order valence-corrected chi connectivity index (χ1v) is 14.1. The van der Waals surface area contributed by atoms with Crippen LogP contribution in [0.4, 0.5) is 0 Å². The molecule has 1 amide bonds. The third-order valence-corrected chi connectivity index (χ3v) is 11.2. The number of carbonyl (C=O) groups excluding carboxylic acids is 1. The Balaban J connectivity index is 1.31. The van der Waals surface area contributed by atoms with E-state index in [1.54, 1.807) is 0 Å². The van der Waals surface area contributed by atoms with Gasteiger partial charge in [-0.2, -0.15) is 0 Å². The summed E-state index contributed by atoms with van der Waals surface area (Å²) in [5.41, 5.74) is 6.41. The molecule has 5 heteroatoms. The van der Waals surface area contributed by atoms with Crippen LogP contribution in [-0.2, 0) is 4.79 Å². The number of nitrogens with two attached hydrogens (primary N) is 1. The van der Waals surface area contributed by atoms with Gasteiger partial charge in [-0.05, 0) is 111 Å². The average molecular weight is 462 g/mol. The van der Waals surface area contributed by atoms with Crippen LogP contribution in [0, 0.1) is 46.3 Å². The van der Waals surface area contributed by atoms with E-state index in [9.17, 15) is 9.90 Å². The third-order valence-electron chi connectivity index (χ3n) is 11.2. The van der Waals surface area contributed by atoms with Crippen molar-refractivity contribution in [3.8, 4) is 0 Å². The molecular weight excluding hydrogens is 410 g/mol. The minimum Gasteiger partial charge on any atom is -0.393 e. The maximum absolute atomic E-state index is 12.4. The molecule has 33 heavy (non-hydrogen) atoms. The van der Waals surface area contributed by atoms with Crippen LogP contribution in [0.25, 0.3) is 0 Å². The number of fused-ring (bicyclic) bond motifs is 5. The number of rotatable bonds is 9. The normalized spacial score (nSPS) is 43.3. The van der Waals surface area contributed by atoms with Crippen LogP contribution in [0.1, 0.15) is 91.4 Å². The van der Waals surface area contributed by atoms with Crippen molar-refractivity contribution in [3.63, 3.8) is 0 Å². The van der Waals surface area contributed by atoms with E-state index in [4.69, 9.17) is 5.73 Å². The van der Waals surface area contributed by atoms with Crippen molar-refractivity contribution in [1.82, 2.24) is 10.6 Å². The van der Waals surface area contributed by atoms with Gasteiger partial charge in [-0.3, -0.25) is 4.79 Å². The number of nitrogens with one attached hydrogen (secondary N) is 2. The van der Waals surface area contributed by atoms with E-state index >= 15 is 0 Å². The molecule has 0 heterocycles. The van der Waals surface area contributed by atoms with Gasteiger partial charge in [0.05, 0.1) is 6.10 Å². The first-order valence-electron chi connectivity index (χ1n) is 14.1. The second-order valence-electron chi connectivity index (χ2n) is 12.7. The zero-order chi connectivity index (χ0) is 23.6. The molecule has 4 fully saturated rings. The number of amides is 1.